The highest BCUT2D eigenvalue weighted by Gasteiger charge is 2.17. The van der Waals surface area contributed by atoms with Gasteiger partial charge >= 0.3 is 5.97 Å². The molecule has 0 aromatic heterocycles. The Hall–Kier alpha value is -1.65. The van der Waals surface area contributed by atoms with Gasteiger partial charge in [-0.3, -0.25) is 4.79 Å². The van der Waals surface area contributed by atoms with Gasteiger partial charge in [-0.15, -0.1) is 0 Å². The number of rotatable bonds is 7. The number of benzene rings is 1. The van der Waals surface area contributed by atoms with Crippen LogP contribution in [-0.2, 0) is 15.3 Å². The van der Waals surface area contributed by atoms with Gasteiger partial charge in [0, 0.05) is 16.4 Å². The summed E-state index contributed by atoms with van der Waals surface area (Å²) in [6.45, 7) is 2.02. The lowest BCUT2D eigenvalue weighted by Gasteiger charge is -2.09. The number of hydrogen-bond donors (Lipinski definition) is 0. The number of azide groups is 1. The average molecular weight is 265 g/mol. The number of esters is 1. The van der Waals surface area contributed by atoms with E-state index < -0.39 is 12.0 Å². The normalized spacial score (nSPS) is 11.4. The summed E-state index contributed by atoms with van der Waals surface area (Å²) in [7, 11) is 0. The van der Waals surface area contributed by atoms with Gasteiger partial charge in [0.1, 0.15) is 6.04 Å². The molecule has 18 heavy (non-hydrogen) atoms. The molecule has 96 valence electrons. The van der Waals surface area contributed by atoms with E-state index in [1.54, 1.807) is 18.7 Å². The van der Waals surface area contributed by atoms with Crippen molar-refractivity contribution in [1.82, 2.24) is 0 Å². The topological polar surface area (TPSA) is 75.1 Å². The summed E-state index contributed by atoms with van der Waals surface area (Å²) in [4.78, 5) is 14.2. The third-order valence-electron chi connectivity index (χ3n) is 2.14. The van der Waals surface area contributed by atoms with Crippen molar-refractivity contribution in [1.29, 1.82) is 0 Å². The zero-order valence-electron chi connectivity index (χ0n) is 10.2. The molecule has 1 aromatic carbocycles. The fraction of sp³-hybridized carbons (Fsp3) is 0.417. The lowest BCUT2D eigenvalue weighted by molar-refractivity contribution is -0.144. The highest BCUT2D eigenvalue weighted by Crippen LogP contribution is 2.14. The smallest absolute Gasteiger partial charge is 0.315 e. The maximum absolute atomic E-state index is 11.5. The van der Waals surface area contributed by atoms with Gasteiger partial charge < -0.3 is 4.74 Å². The summed E-state index contributed by atoms with van der Waals surface area (Å²) in [6, 6.07) is 9.16. The van der Waals surface area contributed by atoms with Crippen LogP contribution in [0.25, 0.3) is 10.4 Å². The van der Waals surface area contributed by atoms with Crippen LogP contribution in [0.5, 0.6) is 0 Å². The molecule has 5 nitrogen and oxygen atoms in total. The van der Waals surface area contributed by atoms with Gasteiger partial charge in [0.15, 0.2) is 0 Å². The average Bonchev–Trinajstić information content (AvgIpc) is 2.39. The van der Waals surface area contributed by atoms with E-state index in [0.29, 0.717) is 12.4 Å². The second-order valence-electron chi connectivity index (χ2n) is 3.47. The van der Waals surface area contributed by atoms with Crippen molar-refractivity contribution >= 4 is 17.7 Å². The third-order valence-corrected chi connectivity index (χ3v) is 3.23. The molecular weight excluding hydrogens is 250 g/mol. The highest BCUT2D eigenvalue weighted by atomic mass is 32.2. The molecule has 6 heteroatoms. The summed E-state index contributed by atoms with van der Waals surface area (Å²) in [5.41, 5.74) is 9.58. The van der Waals surface area contributed by atoms with E-state index in [0.717, 1.165) is 5.75 Å². The summed E-state index contributed by atoms with van der Waals surface area (Å²) in [5, 5.41) is 3.46. The van der Waals surface area contributed by atoms with Crippen LogP contribution in [0.2, 0.25) is 0 Å². The molecular formula is C12H15N3O2S. The highest BCUT2D eigenvalue weighted by molar-refractivity contribution is 7.98. The number of carbonyl (C=O) groups excluding carboxylic acids is 1. The van der Waals surface area contributed by atoms with Crippen molar-refractivity contribution in [3.8, 4) is 0 Å². The Kier molecular flexibility index (Phi) is 6.76. The Morgan fingerprint density at radius 1 is 1.50 bits per heavy atom. The monoisotopic (exact) mass is 265 g/mol. The minimum Gasteiger partial charge on any atom is -0.466 e. The molecule has 1 aromatic rings. The summed E-state index contributed by atoms with van der Waals surface area (Å²) >= 11 is 1.54. The number of nitrogens with zero attached hydrogens (tertiary/aromatic N) is 3. The van der Waals surface area contributed by atoms with E-state index >= 15 is 0 Å². The molecule has 0 saturated carbocycles. The Balaban J connectivity index is 2.43. The fourth-order valence-electron chi connectivity index (χ4n) is 1.31. The van der Waals surface area contributed by atoms with E-state index in [-0.39, 0.29) is 0 Å². The standard InChI is InChI=1S/C12H15N3O2S/c1-2-17-12(16)11(14-15-13)9-18-8-10-6-4-3-5-7-10/h3-7,11H,2,8-9H2,1H3. The minimum absolute atomic E-state index is 0.291. The molecule has 0 N–H and O–H groups in total. The molecule has 0 aliphatic rings. The van der Waals surface area contributed by atoms with E-state index in [4.69, 9.17) is 10.3 Å². The Morgan fingerprint density at radius 3 is 2.83 bits per heavy atom. The second-order valence-corrected chi connectivity index (χ2v) is 4.50. The zero-order valence-corrected chi connectivity index (χ0v) is 11.0. The molecule has 0 fully saturated rings. The largest absolute Gasteiger partial charge is 0.466 e. The van der Waals surface area contributed by atoms with Crippen molar-refractivity contribution < 1.29 is 9.53 Å². The third kappa shape index (κ3) is 5.12. The molecule has 0 radical (unpaired) electrons. The number of hydrogen-bond acceptors (Lipinski definition) is 4. The maximum Gasteiger partial charge on any atom is 0.315 e. The van der Waals surface area contributed by atoms with Crippen LogP contribution in [0, 0.1) is 0 Å². The predicted molar refractivity (Wildman–Crippen MR) is 72.2 cm³/mol. The molecule has 0 saturated heterocycles. The van der Waals surface area contributed by atoms with Crippen molar-refractivity contribution in [2.75, 3.05) is 12.4 Å². The first-order chi connectivity index (χ1) is 8.77. The van der Waals surface area contributed by atoms with Crippen LogP contribution < -0.4 is 0 Å². The predicted octanol–water partition coefficient (Wildman–Crippen LogP) is 3.16. The molecule has 0 heterocycles. The first-order valence-electron chi connectivity index (χ1n) is 5.60. The van der Waals surface area contributed by atoms with Gasteiger partial charge in [0.25, 0.3) is 0 Å². The zero-order chi connectivity index (χ0) is 13.2. The summed E-state index contributed by atoms with van der Waals surface area (Å²) < 4.78 is 4.84. The van der Waals surface area contributed by atoms with Gasteiger partial charge in [-0.2, -0.15) is 11.8 Å². The quantitative estimate of drug-likeness (QED) is 0.329. The maximum atomic E-state index is 11.5. The lowest BCUT2D eigenvalue weighted by atomic mass is 10.2. The van der Waals surface area contributed by atoms with E-state index in [2.05, 4.69) is 10.0 Å². The first kappa shape index (κ1) is 14.4. The van der Waals surface area contributed by atoms with E-state index in [1.807, 2.05) is 30.3 Å². The number of carbonyl (C=O) groups is 1. The molecule has 1 rings (SSSR count). The second kappa shape index (κ2) is 8.44. The van der Waals surface area contributed by atoms with Crippen LogP contribution in [-0.4, -0.2) is 24.4 Å². The Bertz CT molecular complexity index is 419. The SMILES string of the molecule is CCOC(=O)C(CSCc1ccccc1)N=[N+]=[N-]. The van der Waals surface area contributed by atoms with Crippen molar-refractivity contribution in [3.63, 3.8) is 0 Å². The van der Waals surface area contributed by atoms with E-state index in [1.165, 1.54) is 5.56 Å². The Morgan fingerprint density at radius 2 is 2.22 bits per heavy atom. The summed E-state index contributed by atoms with van der Waals surface area (Å²) in [6.07, 6.45) is 0. The van der Waals surface area contributed by atoms with Crippen LogP contribution in [0.15, 0.2) is 35.4 Å². The van der Waals surface area contributed by atoms with Crippen molar-refractivity contribution in [2.45, 2.75) is 18.7 Å². The molecule has 0 amide bonds. The molecule has 0 spiro atoms. The van der Waals surface area contributed by atoms with Crippen LogP contribution in [0.1, 0.15) is 12.5 Å². The van der Waals surface area contributed by atoms with E-state index in [9.17, 15) is 4.79 Å². The van der Waals surface area contributed by atoms with Crippen LogP contribution >= 0.6 is 11.8 Å². The lowest BCUT2D eigenvalue weighted by Crippen LogP contribution is -2.23. The van der Waals surface area contributed by atoms with Crippen LogP contribution in [0.3, 0.4) is 0 Å². The van der Waals surface area contributed by atoms with Gasteiger partial charge in [0.05, 0.1) is 6.61 Å². The minimum atomic E-state index is -0.747. The van der Waals surface area contributed by atoms with Crippen molar-refractivity contribution in [2.24, 2.45) is 5.11 Å². The number of ether oxygens (including phenoxy) is 1. The van der Waals surface area contributed by atoms with Gasteiger partial charge in [-0.05, 0) is 18.0 Å². The molecule has 0 aliphatic heterocycles. The van der Waals surface area contributed by atoms with Crippen molar-refractivity contribution in [3.05, 3.63) is 46.3 Å². The van der Waals surface area contributed by atoms with Gasteiger partial charge in [0.2, 0.25) is 0 Å². The molecule has 1 atom stereocenters. The molecule has 1 unspecified atom stereocenters. The number of thioether (sulfide) groups is 1. The Labute approximate surface area is 110 Å². The van der Waals surface area contributed by atoms with Gasteiger partial charge in [-0.1, -0.05) is 35.4 Å². The summed E-state index contributed by atoms with van der Waals surface area (Å²) in [5.74, 6) is 0.742. The molecule has 0 aliphatic carbocycles. The molecule has 0 bridgehead atoms. The van der Waals surface area contributed by atoms with Crippen LogP contribution in [0.4, 0.5) is 0 Å². The first-order valence-corrected chi connectivity index (χ1v) is 6.76. The fourth-order valence-corrected chi connectivity index (χ4v) is 2.28. The van der Waals surface area contributed by atoms with Gasteiger partial charge in [-0.25, -0.2) is 0 Å².